The molecule has 3 rings (SSSR count). The van der Waals surface area contributed by atoms with Gasteiger partial charge >= 0.3 is 5.97 Å². The Kier molecular flexibility index (Phi) is 8.72. The van der Waals surface area contributed by atoms with Crippen LogP contribution in [-0.2, 0) is 4.79 Å². The zero-order valence-corrected chi connectivity index (χ0v) is 18.8. The van der Waals surface area contributed by atoms with E-state index in [-0.39, 0.29) is 12.5 Å². The quantitative estimate of drug-likeness (QED) is 0.206. The lowest BCUT2D eigenvalue weighted by Crippen LogP contribution is -2.34. The van der Waals surface area contributed by atoms with Crippen LogP contribution in [0.15, 0.2) is 71.1 Å². The average molecular weight is 466 g/mol. The zero-order valence-electron chi connectivity index (χ0n) is 17.9. The lowest BCUT2D eigenvalue weighted by atomic mass is 10.2. The molecule has 0 bridgehead atoms. The molecule has 2 amide bonds. The topological polar surface area (TPSA) is 106 Å². The molecule has 0 aliphatic heterocycles. The molecule has 0 aliphatic rings. The van der Waals surface area contributed by atoms with Crippen molar-refractivity contribution >= 4 is 35.3 Å². The second-order valence-corrected chi connectivity index (χ2v) is 7.73. The number of ether oxygens (including phenoxy) is 2. The second kappa shape index (κ2) is 12.2. The normalized spacial score (nSPS) is 10.6. The van der Waals surface area contributed by atoms with Gasteiger partial charge in [0.25, 0.3) is 11.8 Å². The van der Waals surface area contributed by atoms with E-state index < -0.39 is 11.9 Å². The maximum absolute atomic E-state index is 12.1. The molecule has 170 valence electrons. The predicted molar refractivity (Wildman–Crippen MR) is 126 cm³/mol. The van der Waals surface area contributed by atoms with Crippen LogP contribution in [-0.4, -0.2) is 37.1 Å². The van der Waals surface area contributed by atoms with Gasteiger partial charge in [-0.15, -0.1) is 11.3 Å². The molecule has 0 fully saturated rings. The largest absolute Gasteiger partial charge is 0.494 e. The van der Waals surface area contributed by atoms with E-state index in [2.05, 4.69) is 15.8 Å². The Hall–Kier alpha value is -3.98. The number of hydrogen-bond acceptors (Lipinski definition) is 7. The Morgan fingerprint density at radius 3 is 2.39 bits per heavy atom. The Bertz CT molecular complexity index is 1090. The molecule has 0 unspecified atom stereocenters. The van der Waals surface area contributed by atoms with Gasteiger partial charge in [-0.2, -0.15) is 5.10 Å². The maximum atomic E-state index is 12.1. The minimum atomic E-state index is -0.469. The third-order valence-corrected chi connectivity index (χ3v) is 5.06. The number of benzene rings is 2. The van der Waals surface area contributed by atoms with Gasteiger partial charge in [-0.25, -0.2) is 10.2 Å². The summed E-state index contributed by atoms with van der Waals surface area (Å²) in [5, 5.41) is 8.20. The van der Waals surface area contributed by atoms with Gasteiger partial charge in [0.1, 0.15) is 16.4 Å². The van der Waals surface area contributed by atoms with Gasteiger partial charge in [0, 0.05) is 5.56 Å². The Balaban J connectivity index is 1.40. The smallest absolute Gasteiger partial charge is 0.353 e. The van der Waals surface area contributed by atoms with E-state index in [1.165, 1.54) is 17.6 Å². The monoisotopic (exact) mass is 465 g/mol. The highest BCUT2D eigenvalue weighted by molar-refractivity contribution is 7.12. The molecule has 0 saturated heterocycles. The van der Waals surface area contributed by atoms with E-state index in [0.717, 1.165) is 6.42 Å². The number of thiophene rings is 1. The van der Waals surface area contributed by atoms with Crippen molar-refractivity contribution in [3.05, 3.63) is 82.0 Å². The summed E-state index contributed by atoms with van der Waals surface area (Å²) in [5.74, 6) is -0.161. The van der Waals surface area contributed by atoms with Gasteiger partial charge in [-0.05, 0) is 72.0 Å². The Morgan fingerprint density at radius 1 is 1.00 bits per heavy atom. The molecular weight excluding hydrogens is 442 g/mol. The van der Waals surface area contributed by atoms with Crippen LogP contribution in [0, 0.1) is 0 Å². The molecule has 0 aliphatic carbocycles. The molecule has 2 aromatic carbocycles. The van der Waals surface area contributed by atoms with Crippen molar-refractivity contribution in [2.24, 2.45) is 5.10 Å². The number of hydrogen-bond donors (Lipinski definition) is 2. The minimum absolute atomic E-state index is 0.220. The van der Waals surface area contributed by atoms with Crippen molar-refractivity contribution in [2.45, 2.75) is 13.3 Å². The molecule has 9 heteroatoms. The fourth-order valence-corrected chi connectivity index (χ4v) is 3.18. The number of carbonyl (C=O) groups excluding carboxylic acids is 3. The lowest BCUT2D eigenvalue weighted by Gasteiger charge is -2.07. The number of esters is 1. The van der Waals surface area contributed by atoms with Crippen LogP contribution in [0.4, 0.5) is 0 Å². The van der Waals surface area contributed by atoms with E-state index in [0.29, 0.717) is 34.1 Å². The van der Waals surface area contributed by atoms with Crippen LogP contribution in [0.3, 0.4) is 0 Å². The molecule has 2 N–H and O–H groups in total. The highest BCUT2D eigenvalue weighted by atomic mass is 32.1. The summed E-state index contributed by atoms with van der Waals surface area (Å²) in [5.41, 5.74) is 3.47. The number of amides is 2. The van der Waals surface area contributed by atoms with Gasteiger partial charge < -0.3 is 14.8 Å². The van der Waals surface area contributed by atoms with Crippen LogP contribution < -0.4 is 20.2 Å². The summed E-state index contributed by atoms with van der Waals surface area (Å²) in [6.07, 6.45) is 2.34. The third kappa shape index (κ3) is 7.58. The van der Waals surface area contributed by atoms with Crippen molar-refractivity contribution in [1.82, 2.24) is 10.7 Å². The van der Waals surface area contributed by atoms with E-state index in [1.807, 2.05) is 6.92 Å². The number of carbonyl (C=O) groups is 3. The highest BCUT2D eigenvalue weighted by Crippen LogP contribution is 2.16. The summed E-state index contributed by atoms with van der Waals surface area (Å²) in [6.45, 7) is 2.40. The summed E-state index contributed by atoms with van der Waals surface area (Å²) < 4.78 is 10.8. The molecule has 0 saturated carbocycles. The number of nitrogens with zero attached hydrogens (tertiary/aromatic N) is 1. The molecular formula is C24H23N3O5S. The SMILES string of the molecule is CCCOc1ccc(C(=O)NCC(=O)NN=Cc2ccc(OC(=O)c3cccs3)cc2)cc1. The van der Waals surface area contributed by atoms with Crippen molar-refractivity contribution < 1.29 is 23.9 Å². The maximum Gasteiger partial charge on any atom is 0.353 e. The van der Waals surface area contributed by atoms with Crippen molar-refractivity contribution in [1.29, 1.82) is 0 Å². The van der Waals surface area contributed by atoms with Gasteiger partial charge in [-0.1, -0.05) is 13.0 Å². The molecule has 8 nitrogen and oxygen atoms in total. The van der Waals surface area contributed by atoms with E-state index in [4.69, 9.17) is 9.47 Å². The standard InChI is InChI=1S/C24H23N3O5S/c1-2-13-31-19-11-7-18(8-12-19)23(29)25-16-22(28)27-26-15-17-5-9-20(10-6-17)32-24(30)21-4-3-14-33-21/h3-12,14-15H,2,13,16H2,1H3,(H,25,29)(H,27,28). The number of rotatable bonds is 10. The van der Waals surface area contributed by atoms with Crippen LogP contribution >= 0.6 is 11.3 Å². The first kappa shape index (κ1) is 23.7. The molecule has 3 aromatic rings. The van der Waals surface area contributed by atoms with Crippen molar-refractivity contribution in [2.75, 3.05) is 13.2 Å². The minimum Gasteiger partial charge on any atom is -0.494 e. The van der Waals surface area contributed by atoms with E-state index in [1.54, 1.807) is 66.0 Å². The average Bonchev–Trinajstić information content (AvgIpc) is 3.38. The molecule has 0 atom stereocenters. The summed E-state index contributed by atoms with van der Waals surface area (Å²) in [6, 6.07) is 16.8. The van der Waals surface area contributed by atoms with Crippen molar-refractivity contribution in [3.8, 4) is 11.5 Å². The van der Waals surface area contributed by atoms with Gasteiger partial charge in [0.15, 0.2) is 0 Å². The van der Waals surface area contributed by atoms with Gasteiger partial charge in [-0.3, -0.25) is 9.59 Å². The van der Waals surface area contributed by atoms with Crippen LogP contribution in [0.25, 0.3) is 0 Å². The predicted octanol–water partition coefficient (Wildman–Crippen LogP) is 3.64. The summed E-state index contributed by atoms with van der Waals surface area (Å²) in [7, 11) is 0. The molecule has 1 aromatic heterocycles. The fourth-order valence-electron chi connectivity index (χ4n) is 2.58. The lowest BCUT2D eigenvalue weighted by molar-refractivity contribution is -0.120. The van der Waals surface area contributed by atoms with Crippen LogP contribution in [0.1, 0.15) is 38.9 Å². The molecule has 33 heavy (non-hydrogen) atoms. The first-order chi connectivity index (χ1) is 16.0. The fraction of sp³-hybridized carbons (Fsp3) is 0.167. The Morgan fingerprint density at radius 2 is 1.73 bits per heavy atom. The zero-order chi connectivity index (χ0) is 23.5. The first-order valence-corrected chi connectivity index (χ1v) is 11.1. The van der Waals surface area contributed by atoms with Gasteiger partial charge in [0.05, 0.1) is 19.4 Å². The Labute approximate surface area is 195 Å². The first-order valence-electron chi connectivity index (χ1n) is 10.2. The highest BCUT2D eigenvalue weighted by Gasteiger charge is 2.09. The van der Waals surface area contributed by atoms with Crippen LogP contribution in [0.2, 0.25) is 0 Å². The van der Waals surface area contributed by atoms with E-state index >= 15 is 0 Å². The van der Waals surface area contributed by atoms with Crippen LogP contribution in [0.5, 0.6) is 11.5 Å². The number of hydrazone groups is 1. The molecule has 0 spiro atoms. The molecule has 0 radical (unpaired) electrons. The second-order valence-electron chi connectivity index (χ2n) is 6.78. The van der Waals surface area contributed by atoms with Gasteiger partial charge in [0.2, 0.25) is 0 Å². The summed E-state index contributed by atoms with van der Waals surface area (Å²) in [4.78, 5) is 36.5. The van der Waals surface area contributed by atoms with Crippen molar-refractivity contribution in [3.63, 3.8) is 0 Å². The molecule has 1 heterocycles. The van der Waals surface area contributed by atoms with E-state index in [9.17, 15) is 14.4 Å². The third-order valence-electron chi connectivity index (χ3n) is 4.21. The number of nitrogens with one attached hydrogen (secondary N) is 2. The summed E-state index contributed by atoms with van der Waals surface area (Å²) >= 11 is 1.31.